The maximum Gasteiger partial charge on any atom is 0.229 e. The minimum absolute atomic E-state index is 0.0169. The molecule has 1 unspecified atom stereocenters. The van der Waals surface area contributed by atoms with Crippen LogP contribution in [0.5, 0.6) is 0 Å². The summed E-state index contributed by atoms with van der Waals surface area (Å²) in [5, 5.41) is 4.40. The third kappa shape index (κ3) is 1.94. The molecule has 0 saturated heterocycles. The summed E-state index contributed by atoms with van der Waals surface area (Å²) in [5.74, 6) is 3.64. The molecule has 3 saturated carbocycles. The molecule has 0 spiro atoms. The average Bonchev–Trinajstić information content (AvgIpc) is 3.12. The van der Waals surface area contributed by atoms with Gasteiger partial charge in [0.1, 0.15) is 0 Å². The molecule has 1 aromatic heterocycles. The summed E-state index contributed by atoms with van der Waals surface area (Å²) >= 11 is 0. The summed E-state index contributed by atoms with van der Waals surface area (Å²) in [7, 11) is 0. The second-order valence-electron chi connectivity index (χ2n) is 7.75. The van der Waals surface area contributed by atoms with E-state index in [0.29, 0.717) is 17.9 Å². The van der Waals surface area contributed by atoms with Crippen LogP contribution in [0, 0.1) is 11.8 Å². The number of benzene rings is 1. The second kappa shape index (κ2) is 4.91. The lowest BCUT2D eigenvalue weighted by Crippen LogP contribution is -2.44. The Hall–Kier alpha value is -1.68. The van der Waals surface area contributed by atoms with Crippen LogP contribution in [0.25, 0.3) is 0 Å². The van der Waals surface area contributed by atoms with E-state index in [1.54, 1.807) is 0 Å². The number of aromatic nitrogens is 2. The highest BCUT2D eigenvalue weighted by Gasteiger charge is 2.49. The van der Waals surface area contributed by atoms with E-state index >= 15 is 0 Å². The second-order valence-corrected chi connectivity index (χ2v) is 7.75. The molecule has 0 amide bonds. The Morgan fingerprint density at radius 1 is 1.09 bits per heavy atom. The number of nitrogens with zero attached hydrogens (tertiary/aromatic N) is 2. The van der Waals surface area contributed by atoms with Crippen molar-refractivity contribution in [3.05, 3.63) is 47.6 Å². The van der Waals surface area contributed by atoms with Crippen LogP contribution in [0.3, 0.4) is 0 Å². The van der Waals surface area contributed by atoms with Crippen LogP contribution in [-0.4, -0.2) is 16.2 Å². The Labute approximate surface area is 136 Å². The van der Waals surface area contributed by atoms with Crippen molar-refractivity contribution >= 4 is 0 Å². The fraction of sp³-hybridized carbons (Fsp3) is 0.579. The van der Waals surface area contributed by atoms with Gasteiger partial charge in [-0.2, -0.15) is 4.98 Å². The van der Waals surface area contributed by atoms with Gasteiger partial charge in [0.25, 0.3) is 0 Å². The maximum atomic E-state index is 6.12. The van der Waals surface area contributed by atoms with Crippen LogP contribution < -0.4 is 5.73 Å². The van der Waals surface area contributed by atoms with Crippen LogP contribution in [0.1, 0.15) is 61.7 Å². The predicted molar refractivity (Wildman–Crippen MR) is 86.9 cm³/mol. The van der Waals surface area contributed by atoms with Crippen molar-refractivity contribution in [1.82, 2.24) is 10.1 Å². The molecule has 2 N–H and O–H groups in total. The first-order valence-corrected chi connectivity index (χ1v) is 8.91. The first kappa shape index (κ1) is 13.7. The van der Waals surface area contributed by atoms with Crippen LogP contribution >= 0.6 is 0 Å². The molecule has 4 nitrogen and oxygen atoms in total. The van der Waals surface area contributed by atoms with Gasteiger partial charge >= 0.3 is 0 Å². The standard InChI is InChI=1S/C19H23N3O/c20-16-11-12-9-13(10-15(12)16)17-21-18(22-23-17)19(7-4-8-19)14-5-2-1-3-6-14/h1-3,5-6,12-13,15-16H,4,7-11,20H2/t12-,13?,15-,16+/m0/s1. The highest BCUT2D eigenvalue weighted by molar-refractivity contribution is 5.35. The molecule has 3 fully saturated rings. The first-order valence-electron chi connectivity index (χ1n) is 8.91. The van der Waals surface area contributed by atoms with E-state index in [1.165, 1.54) is 24.8 Å². The van der Waals surface area contributed by atoms with Crippen molar-refractivity contribution in [3.63, 3.8) is 0 Å². The summed E-state index contributed by atoms with van der Waals surface area (Å²) in [6, 6.07) is 11.1. The van der Waals surface area contributed by atoms with Crippen LogP contribution in [0.2, 0.25) is 0 Å². The summed E-state index contributed by atoms with van der Waals surface area (Å²) in [5.41, 5.74) is 7.43. The molecule has 1 heterocycles. The first-order chi connectivity index (χ1) is 11.3. The molecule has 0 radical (unpaired) electrons. The van der Waals surface area contributed by atoms with Crippen molar-refractivity contribution in [3.8, 4) is 0 Å². The zero-order valence-electron chi connectivity index (χ0n) is 13.3. The monoisotopic (exact) mass is 309 g/mol. The zero-order valence-corrected chi connectivity index (χ0v) is 13.3. The van der Waals surface area contributed by atoms with Gasteiger partial charge in [0, 0.05) is 12.0 Å². The molecule has 3 aliphatic carbocycles. The summed E-state index contributed by atoms with van der Waals surface area (Å²) in [6.07, 6.45) is 6.97. The zero-order chi connectivity index (χ0) is 15.4. The summed E-state index contributed by atoms with van der Waals surface area (Å²) in [6.45, 7) is 0. The van der Waals surface area contributed by atoms with Gasteiger partial charge < -0.3 is 10.3 Å². The minimum atomic E-state index is -0.0169. The lowest BCUT2D eigenvalue weighted by molar-refractivity contribution is 0.173. The van der Waals surface area contributed by atoms with Gasteiger partial charge in [0.15, 0.2) is 5.82 Å². The third-order valence-electron chi connectivity index (χ3n) is 6.63. The predicted octanol–water partition coefficient (Wildman–Crippen LogP) is 3.38. The van der Waals surface area contributed by atoms with Crippen LogP contribution in [-0.2, 0) is 5.41 Å². The Bertz CT molecular complexity index is 706. The van der Waals surface area contributed by atoms with E-state index in [1.807, 2.05) is 0 Å². The highest BCUT2D eigenvalue weighted by atomic mass is 16.5. The quantitative estimate of drug-likeness (QED) is 0.944. The Balaban J connectivity index is 1.43. The molecule has 1 aromatic carbocycles. The van der Waals surface area contributed by atoms with Gasteiger partial charge in [-0.25, -0.2) is 0 Å². The Morgan fingerprint density at radius 2 is 1.91 bits per heavy atom. The molecule has 23 heavy (non-hydrogen) atoms. The Morgan fingerprint density at radius 3 is 2.57 bits per heavy atom. The number of hydrogen-bond acceptors (Lipinski definition) is 4. The Kier molecular flexibility index (Phi) is 2.93. The number of rotatable bonds is 3. The highest BCUT2D eigenvalue weighted by Crippen LogP contribution is 2.53. The van der Waals surface area contributed by atoms with Gasteiger partial charge in [0.05, 0.1) is 5.41 Å². The number of nitrogens with two attached hydrogens (primary N) is 1. The van der Waals surface area contributed by atoms with E-state index in [-0.39, 0.29) is 5.41 Å². The average molecular weight is 309 g/mol. The van der Waals surface area contributed by atoms with Crippen LogP contribution in [0.15, 0.2) is 34.9 Å². The molecule has 0 bridgehead atoms. The SMILES string of the molecule is N[C@@H]1C[C@@H]2CC(c3nc(C4(c5ccccc5)CCC4)no3)C[C@@H]21. The van der Waals surface area contributed by atoms with E-state index in [9.17, 15) is 0 Å². The van der Waals surface area contributed by atoms with Crippen molar-refractivity contribution in [2.45, 2.75) is 55.9 Å². The summed E-state index contributed by atoms with van der Waals surface area (Å²) < 4.78 is 5.71. The van der Waals surface area contributed by atoms with Gasteiger partial charge in [-0.1, -0.05) is 41.9 Å². The van der Waals surface area contributed by atoms with Crippen molar-refractivity contribution in [2.24, 2.45) is 17.6 Å². The van der Waals surface area contributed by atoms with Crippen molar-refractivity contribution in [2.75, 3.05) is 0 Å². The normalized spacial score (nSPS) is 34.5. The number of fused-ring (bicyclic) bond motifs is 1. The smallest absolute Gasteiger partial charge is 0.229 e. The van der Waals surface area contributed by atoms with Gasteiger partial charge in [-0.3, -0.25) is 0 Å². The third-order valence-corrected chi connectivity index (χ3v) is 6.63. The molecule has 2 aromatic rings. The van der Waals surface area contributed by atoms with Crippen molar-refractivity contribution in [1.29, 1.82) is 0 Å². The fourth-order valence-electron chi connectivity index (χ4n) is 5.01. The maximum absolute atomic E-state index is 6.12. The fourth-order valence-corrected chi connectivity index (χ4v) is 5.01. The van der Waals surface area contributed by atoms with E-state index in [4.69, 9.17) is 15.2 Å². The molecular formula is C19H23N3O. The lowest BCUT2D eigenvalue weighted by Gasteiger charge is -2.39. The number of hydrogen-bond donors (Lipinski definition) is 1. The summed E-state index contributed by atoms with van der Waals surface area (Å²) in [4.78, 5) is 4.87. The molecule has 3 aliphatic rings. The van der Waals surface area contributed by atoms with E-state index in [2.05, 4.69) is 35.5 Å². The van der Waals surface area contributed by atoms with E-state index in [0.717, 1.165) is 36.9 Å². The van der Waals surface area contributed by atoms with Gasteiger partial charge in [-0.15, -0.1) is 0 Å². The van der Waals surface area contributed by atoms with Crippen molar-refractivity contribution < 1.29 is 4.52 Å². The minimum Gasteiger partial charge on any atom is -0.339 e. The van der Waals surface area contributed by atoms with Gasteiger partial charge in [-0.05, 0) is 49.5 Å². The molecular weight excluding hydrogens is 286 g/mol. The largest absolute Gasteiger partial charge is 0.339 e. The molecule has 120 valence electrons. The topological polar surface area (TPSA) is 64.9 Å². The van der Waals surface area contributed by atoms with E-state index < -0.39 is 0 Å². The lowest BCUT2D eigenvalue weighted by atomic mass is 9.64. The van der Waals surface area contributed by atoms with Crippen LogP contribution in [0.4, 0.5) is 0 Å². The molecule has 4 atom stereocenters. The molecule has 5 rings (SSSR count). The molecule has 4 heteroatoms. The molecule has 0 aliphatic heterocycles. The van der Waals surface area contributed by atoms with Gasteiger partial charge in [0.2, 0.25) is 5.89 Å².